The molecule has 12 nitrogen and oxygen atoms in total. The van der Waals surface area contributed by atoms with Gasteiger partial charge in [-0.3, -0.25) is 9.78 Å². The van der Waals surface area contributed by atoms with Crippen molar-refractivity contribution in [2.75, 3.05) is 13.2 Å². The molecule has 2 aromatic carbocycles. The topological polar surface area (TPSA) is 142 Å². The summed E-state index contributed by atoms with van der Waals surface area (Å²) in [6.45, 7) is 7.57. The van der Waals surface area contributed by atoms with Crippen molar-refractivity contribution < 1.29 is 58.3 Å². The van der Waals surface area contributed by atoms with Crippen LogP contribution in [0.25, 0.3) is 0 Å². The number of hydrogen-bond acceptors (Lipinski definition) is 12. The quantitative estimate of drug-likeness (QED) is 0.154. The highest BCUT2D eigenvalue weighted by Gasteiger charge is 2.14. The van der Waals surface area contributed by atoms with E-state index in [0.29, 0.717) is 11.8 Å². The summed E-state index contributed by atoms with van der Waals surface area (Å²) in [4.78, 5) is 63.4. The van der Waals surface area contributed by atoms with E-state index in [1.54, 1.807) is 48.5 Å². The average Bonchev–Trinajstić information content (AvgIpc) is 2.88. The van der Waals surface area contributed by atoms with Gasteiger partial charge in [-0.1, -0.05) is 52.0 Å². The van der Waals surface area contributed by atoms with Crippen LogP contribution in [0, 0.1) is 0 Å². The van der Waals surface area contributed by atoms with Crippen LogP contribution < -0.4 is 0 Å². The number of carbonyl (C=O) groups is 4. The van der Waals surface area contributed by atoms with E-state index in [1.807, 2.05) is 27.7 Å². The summed E-state index contributed by atoms with van der Waals surface area (Å²) in [5.41, 5.74) is 2.47. The van der Waals surface area contributed by atoms with Gasteiger partial charge in [0.1, 0.15) is 0 Å². The number of hydrogen-bond donors (Lipinski definition) is 0. The molecule has 37 heavy (non-hydrogen) atoms. The molecule has 0 amide bonds. The van der Waals surface area contributed by atoms with Crippen molar-refractivity contribution in [1.29, 1.82) is 0 Å². The first-order chi connectivity index (χ1) is 17.7. The average molecular weight is 520 g/mol. The molecule has 2 rings (SSSR count). The lowest BCUT2D eigenvalue weighted by Crippen LogP contribution is -2.15. The van der Waals surface area contributed by atoms with Gasteiger partial charge in [-0.15, -0.1) is 0 Å². The predicted octanol–water partition coefficient (Wildman–Crippen LogP) is 5.34. The van der Waals surface area contributed by atoms with Crippen LogP contribution in [0.15, 0.2) is 48.5 Å². The lowest BCUT2D eigenvalue weighted by atomic mass is 10.0. The minimum absolute atomic E-state index is 0.0498. The highest BCUT2D eigenvalue weighted by Crippen LogP contribution is 2.16. The lowest BCUT2D eigenvalue weighted by molar-refractivity contribution is -0.452. The Kier molecular flexibility index (Phi) is 11.8. The maximum absolute atomic E-state index is 11.8. The van der Waals surface area contributed by atoms with Crippen molar-refractivity contribution >= 4 is 24.2 Å². The van der Waals surface area contributed by atoms with Gasteiger partial charge in [0.15, 0.2) is 0 Å². The van der Waals surface area contributed by atoms with Crippen LogP contribution >= 0.6 is 0 Å². The summed E-state index contributed by atoms with van der Waals surface area (Å²) in [6, 6.07) is 13.2. The molecule has 0 saturated heterocycles. The van der Waals surface area contributed by atoms with E-state index in [9.17, 15) is 19.2 Å². The number of benzene rings is 2. The Hall–Kier alpha value is -4.16. The molecule has 200 valence electrons. The van der Waals surface area contributed by atoms with Gasteiger partial charge in [-0.05, 0) is 47.2 Å². The summed E-state index contributed by atoms with van der Waals surface area (Å²) in [5.74, 6) is -1.14. The third-order valence-corrected chi connectivity index (χ3v) is 4.78. The molecule has 0 aliphatic carbocycles. The zero-order valence-corrected chi connectivity index (χ0v) is 20.8. The van der Waals surface area contributed by atoms with Crippen molar-refractivity contribution in [2.45, 2.75) is 46.0 Å². The summed E-state index contributed by atoms with van der Waals surface area (Å²) in [6.07, 6.45) is -2.53. The summed E-state index contributed by atoms with van der Waals surface area (Å²) in [7, 11) is 0. The first kappa shape index (κ1) is 29.1. The van der Waals surface area contributed by atoms with E-state index >= 15 is 0 Å². The molecule has 0 radical (unpaired) electrons. The molecule has 0 aliphatic heterocycles. The third kappa shape index (κ3) is 10.5. The molecule has 12 heteroatoms. The van der Waals surface area contributed by atoms with Crippen LogP contribution in [-0.4, -0.2) is 37.5 Å². The zero-order valence-electron chi connectivity index (χ0n) is 20.8. The van der Waals surface area contributed by atoms with Gasteiger partial charge in [0.25, 0.3) is 0 Å². The Labute approximate surface area is 213 Å². The van der Waals surface area contributed by atoms with Gasteiger partial charge in [-0.25, -0.2) is 29.0 Å². The van der Waals surface area contributed by atoms with Gasteiger partial charge in [0, 0.05) is 6.42 Å². The van der Waals surface area contributed by atoms with E-state index in [-0.39, 0.29) is 30.8 Å². The monoisotopic (exact) mass is 520 g/mol. The number of rotatable bonds is 12. The Morgan fingerprint density at radius 1 is 0.568 bits per heavy atom. The van der Waals surface area contributed by atoms with Crippen molar-refractivity contribution in [3.05, 3.63) is 70.8 Å². The van der Waals surface area contributed by atoms with Crippen LogP contribution in [0.1, 0.15) is 77.8 Å². The van der Waals surface area contributed by atoms with Crippen molar-refractivity contribution in [3.63, 3.8) is 0 Å². The molecule has 0 aliphatic rings. The van der Waals surface area contributed by atoms with Crippen LogP contribution in [-0.2, 0) is 39.1 Å². The van der Waals surface area contributed by atoms with E-state index in [2.05, 4.69) is 39.1 Å². The maximum atomic E-state index is 11.8. The molecule has 0 aromatic heterocycles. The van der Waals surface area contributed by atoms with Crippen molar-refractivity contribution in [2.24, 2.45) is 0 Å². The minimum Gasteiger partial charge on any atom is -0.432 e. The largest absolute Gasteiger partial charge is 0.543 e. The number of ether oxygens (including phenoxy) is 2. The van der Waals surface area contributed by atoms with Gasteiger partial charge in [0.2, 0.25) is 0 Å². The molecular formula is C25H28O12. The third-order valence-electron chi connectivity index (χ3n) is 4.78. The molecule has 0 bridgehead atoms. The van der Waals surface area contributed by atoms with E-state index in [0.717, 1.165) is 11.1 Å². The maximum Gasteiger partial charge on any atom is 0.543 e. The van der Waals surface area contributed by atoms with Crippen LogP contribution in [0.3, 0.4) is 0 Å². The predicted molar refractivity (Wildman–Crippen MR) is 124 cm³/mol. The van der Waals surface area contributed by atoms with Gasteiger partial charge in [-0.2, -0.15) is 0 Å². The fourth-order valence-electron chi connectivity index (χ4n) is 2.67. The lowest BCUT2D eigenvalue weighted by Gasteiger charge is -2.07. The molecule has 0 fully saturated rings. The number of carbonyl (C=O) groups excluding carboxylic acids is 4. The Morgan fingerprint density at radius 2 is 0.919 bits per heavy atom. The molecule has 0 spiro atoms. The summed E-state index contributed by atoms with van der Waals surface area (Å²) < 4.78 is 9.26. The molecule has 0 heterocycles. The fraction of sp³-hybridized carbons (Fsp3) is 0.360. The molecule has 0 N–H and O–H groups in total. The Bertz CT molecular complexity index is 945. The summed E-state index contributed by atoms with van der Waals surface area (Å²) >= 11 is 0. The second kappa shape index (κ2) is 15.1. The molecule has 0 unspecified atom stereocenters. The van der Waals surface area contributed by atoms with Crippen LogP contribution in [0.5, 0.6) is 0 Å². The van der Waals surface area contributed by atoms with E-state index in [4.69, 9.17) is 0 Å². The normalized spacial score (nSPS) is 10.5. The second-order valence-corrected chi connectivity index (χ2v) is 8.15. The Balaban J connectivity index is 1.51. The van der Waals surface area contributed by atoms with Gasteiger partial charge < -0.3 is 9.47 Å². The van der Waals surface area contributed by atoms with Crippen molar-refractivity contribution in [3.8, 4) is 0 Å². The standard InChI is InChI=1S/C25H28O12/c1-16(2)18-6-10-20(11-7-18)22(26)32-36-34-24(28)30-14-5-15-31-25(29)35-37-33-23(27)21-12-8-19(9-13-21)17(3)4/h6-13,16-17H,5,14-15H2,1-4H3. The van der Waals surface area contributed by atoms with E-state index < -0.39 is 24.2 Å². The molecule has 0 saturated carbocycles. The molecule has 0 atom stereocenters. The Morgan fingerprint density at radius 3 is 1.24 bits per heavy atom. The minimum atomic E-state index is -1.29. The smallest absolute Gasteiger partial charge is 0.432 e. The highest BCUT2D eigenvalue weighted by molar-refractivity contribution is 5.89. The van der Waals surface area contributed by atoms with Gasteiger partial charge in [0.05, 0.1) is 34.4 Å². The van der Waals surface area contributed by atoms with Gasteiger partial charge >= 0.3 is 24.2 Å². The van der Waals surface area contributed by atoms with Crippen molar-refractivity contribution in [1.82, 2.24) is 0 Å². The highest BCUT2D eigenvalue weighted by atomic mass is 17.5. The fourth-order valence-corrected chi connectivity index (χ4v) is 2.67. The first-order valence-electron chi connectivity index (χ1n) is 11.3. The SMILES string of the molecule is CC(C)c1ccc(C(=O)OOOC(=O)OCCCOC(=O)OOOC(=O)c2ccc(C(C)C)cc2)cc1. The van der Waals surface area contributed by atoms with Crippen LogP contribution in [0.2, 0.25) is 0 Å². The summed E-state index contributed by atoms with van der Waals surface area (Å²) in [5, 5.41) is 8.22. The van der Waals surface area contributed by atoms with E-state index in [1.165, 1.54) is 0 Å². The second-order valence-electron chi connectivity index (χ2n) is 8.15. The first-order valence-corrected chi connectivity index (χ1v) is 11.3. The molecular weight excluding hydrogens is 492 g/mol. The van der Waals surface area contributed by atoms with Crippen LogP contribution in [0.4, 0.5) is 9.59 Å². The molecule has 2 aromatic rings. The zero-order chi connectivity index (χ0) is 27.2.